The van der Waals surface area contributed by atoms with Gasteiger partial charge in [0.1, 0.15) is 5.75 Å². The van der Waals surface area contributed by atoms with Crippen molar-refractivity contribution in [1.82, 2.24) is 0 Å². The standard InChI is InChI=1S/C15H24O.C6H6.C2H4.H2O/c1-2-3-4-5-6-7-11-14-16-15-12-9-8-10-13-15;1-2-4-6-5-3-1;1-2;/h8-10,12-13H,2-7,11,14H2,1H3;1-6H;1-2H2;1H2. The molecule has 0 bridgehead atoms. The first kappa shape index (κ1) is 25.2. The Labute approximate surface area is 154 Å². The Morgan fingerprint density at radius 3 is 1.52 bits per heavy atom. The van der Waals surface area contributed by atoms with E-state index in [4.69, 9.17) is 4.74 Å². The van der Waals surface area contributed by atoms with Crippen LogP contribution in [0.15, 0.2) is 79.9 Å². The average Bonchev–Trinajstić information content (AvgIpc) is 2.68. The predicted molar refractivity (Wildman–Crippen MR) is 111 cm³/mol. The number of para-hydroxylation sites is 1. The van der Waals surface area contributed by atoms with Gasteiger partial charge in [-0.15, -0.1) is 13.2 Å². The van der Waals surface area contributed by atoms with Crippen LogP contribution < -0.4 is 4.74 Å². The summed E-state index contributed by atoms with van der Waals surface area (Å²) in [6.07, 6.45) is 9.35. The van der Waals surface area contributed by atoms with Crippen molar-refractivity contribution in [1.29, 1.82) is 0 Å². The zero-order valence-corrected chi connectivity index (χ0v) is 15.8. The van der Waals surface area contributed by atoms with E-state index in [1.54, 1.807) is 0 Å². The number of benzene rings is 2. The molecule has 25 heavy (non-hydrogen) atoms. The molecule has 2 rings (SSSR count). The lowest BCUT2D eigenvalue weighted by Crippen LogP contribution is -1.96. The molecule has 0 amide bonds. The third-order valence-electron chi connectivity index (χ3n) is 3.43. The highest BCUT2D eigenvalue weighted by molar-refractivity contribution is 5.20. The van der Waals surface area contributed by atoms with Gasteiger partial charge in [-0.25, -0.2) is 0 Å². The molecule has 0 saturated carbocycles. The monoisotopic (exact) mass is 344 g/mol. The van der Waals surface area contributed by atoms with Gasteiger partial charge in [-0.1, -0.05) is 100 Å². The minimum absolute atomic E-state index is 0. The Morgan fingerprint density at radius 2 is 1.04 bits per heavy atom. The van der Waals surface area contributed by atoms with E-state index in [1.165, 1.54) is 44.9 Å². The van der Waals surface area contributed by atoms with Gasteiger partial charge in [0.05, 0.1) is 6.61 Å². The third-order valence-corrected chi connectivity index (χ3v) is 3.43. The van der Waals surface area contributed by atoms with E-state index in [1.807, 2.05) is 66.7 Å². The molecule has 2 nitrogen and oxygen atoms in total. The van der Waals surface area contributed by atoms with Crippen LogP contribution in [-0.2, 0) is 0 Å². The normalized spacial score (nSPS) is 8.68. The van der Waals surface area contributed by atoms with Gasteiger partial charge in [-0.05, 0) is 18.6 Å². The van der Waals surface area contributed by atoms with Crippen molar-refractivity contribution in [3.05, 3.63) is 79.9 Å². The van der Waals surface area contributed by atoms with Crippen LogP contribution in [0, 0.1) is 0 Å². The van der Waals surface area contributed by atoms with Crippen LogP contribution in [0.3, 0.4) is 0 Å². The quantitative estimate of drug-likeness (QED) is 0.379. The van der Waals surface area contributed by atoms with E-state index in [0.29, 0.717) is 0 Å². The van der Waals surface area contributed by atoms with Crippen LogP contribution >= 0.6 is 0 Å². The molecule has 0 saturated heterocycles. The van der Waals surface area contributed by atoms with E-state index >= 15 is 0 Å². The van der Waals surface area contributed by atoms with Crippen molar-refractivity contribution in [2.24, 2.45) is 0 Å². The second-order valence-corrected chi connectivity index (χ2v) is 5.44. The van der Waals surface area contributed by atoms with E-state index in [2.05, 4.69) is 20.1 Å². The Kier molecular flexibility index (Phi) is 22.1. The second-order valence-electron chi connectivity index (χ2n) is 5.44. The third kappa shape index (κ3) is 18.1. The van der Waals surface area contributed by atoms with E-state index < -0.39 is 0 Å². The van der Waals surface area contributed by atoms with Crippen molar-refractivity contribution in [2.75, 3.05) is 6.61 Å². The van der Waals surface area contributed by atoms with Gasteiger partial charge in [0.15, 0.2) is 0 Å². The summed E-state index contributed by atoms with van der Waals surface area (Å²) in [5.74, 6) is 0.994. The van der Waals surface area contributed by atoms with E-state index in [-0.39, 0.29) is 5.48 Å². The molecule has 2 aromatic rings. The van der Waals surface area contributed by atoms with Gasteiger partial charge in [0.25, 0.3) is 0 Å². The SMILES string of the molecule is C=C.CCCCCCCCCOc1ccccc1.O.c1ccccc1. The summed E-state index contributed by atoms with van der Waals surface area (Å²) < 4.78 is 5.63. The lowest BCUT2D eigenvalue weighted by molar-refractivity contribution is 0.304. The topological polar surface area (TPSA) is 40.7 Å². The predicted octanol–water partition coefficient (Wildman–Crippen LogP) is 6.48. The molecule has 0 atom stereocenters. The van der Waals surface area contributed by atoms with Crippen LogP contribution in [0.5, 0.6) is 5.75 Å². The molecule has 0 radical (unpaired) electrons. The summed E-state index contributed by atoms with van der Waals surface area (Å²) in [4.78, 5) is 0. The number of hydrogen-bond acceptors (Lipinski definition) is 1. The maximum absolute atomic E-state index is 5.63. The van der Waals surface area contributed by atoms with Gasteiger partial charge in [0, 0.05) is 0 Å². The summed E-state index contributed by atoms with van der Waals surface area (Å²) in [5, 5.41) is 0. The molecule has 0 aliphatic carbocycles. The molecule has 2 heteroatoms. The first-order chi connectivity index (χ1) is 11.9. The fourth-order valence-electron chi connectivity index (χ4n) is 2.15. The van der Waals surface area contributed by atoms with Crippen molar-refractivity contribution >= 4 is 0 Å². The van der Waals surface area contributed by atoms with Crippen molar-refractivity contribution in [2.45, 2.75) is 51.9 Å². The summed E-state index contributed by atoms with van der Waals surface area (Å²) in [5.41, 5.74) is 0. The van der Waals surface area contributed by atoms with Crippen molar-refractivity contribution < 1.29 is 10.2 Å². The largest absolute Gasteiger partial charge is 0.494 e. The Morgan fingerprint density at radius 1 is 0.640 bits per heavy atom. The number of unbranched alkanes of at least 4 members (excludes halogenated alkanes) is 6. The zero-order chi connectivity index (χ0) is 17.7. The van der Waals surface area contributed by atoms with E-state index in [9.17, 15) is 0 Å². The molecule has 0 unspecified atom stereocenters. The summed E-state index contributed by atoms with van der Waals surface area (Å²) in [6.45, 7) is 9.12. The van der Waals surface area contributed by atoms with Crippen LogP contribution in [0.1, 0.15) is 51.9 Å². The van der Waals surface area contributed by atoms with Crippen molar-refractivity contribution in [3.8, 4) is 5.75 Å². The number of ether oxygens (including phenoxy) is 1. The van der Waals surface area contributed by atoms with Gasteiger partial charge < -0.3 is 10.2 Å². The van der Waals surface area contributed by atoms with E-state index in [0.717, 1.165) is 12.4 Å². The molecule has 2 N–H and O–H groups in total. The molecule has 0 aliphatic rings. The van der Waals surface area contributed by atoms with Gasteiger partial charge in [-0.2, -0.15) is 0 Å². The fraction of sp³-hybridized carbons (Fsp3) is 0.391. The fourth-order valence-corrected chi connectivity index (χ4v) is 2.15. The molecular weight excluding hydrogens is 308 g/mol. The Bertz CT molecular complexity index is 415. The van der Waals surface area contributed by atoms with Gasteiger partial charge in [0.2, 0.25) is 0 Å². The smallest absolute Gasteiger partial charge is 0.119 e. The highest BCUT2D eigenvalue weighted by atomic mass is 16.5. The first-order valence-electron chi connectivity index (χ1n) is 9.11. The minimum Gasteiger partial charge on any atom is -0.494 e. The first-order valence-corrected chi connectivity index (χ1v) is 9.11. The average molecular weight is 345 g/mol. The zero-order valence-electron chi connectivity index (χ0n) is 15.8. The van der Waals surface area contributed by atoms with Crippen LogP contribution in [0.4, 0.5) is 0 Å². The molecule has 2 aromatic carbocycles. The Hall–Kier alpha value is -2.06. The van der Waals surface area contributed by atoms with Crippen LogP contribution in [0.25, 0.3) is 0 Å². The molecule has 0 heterocycles. The maximum atomic E-state index is 5.63. The Balaban J connectivity index is 0. The molecule has 140 valence electrons. The second kappa shape index (κ2) is 21.9. The highest BCUT2D eigenvalue weighted by Gasteiger charge is 1.93. The molecule has 0 spiro atoms. The molecular formula is C23H36O2. The lowest BCUT2D eigenvalue weighted by Gasteiger charge is -2.05. The van der Waals surface area contributed by atoms with Gasteiger partial charge >= 0.3 is 0 Å². The minimum atomic E-state index is 0. The summed E-state index contributed by atoms with van der Waals surface area (Å²) >= 11 is 0. The van der Waals surface area contributed by atoms with Gasteiger partial charge in [-0.3, -0.25) is 0 Å². The summed E-state index contributed by atoms with van der Waals surface area (Å²) in [7, 11) is 0. The maximum Gasteiger partial charge on any atom is 0.119 e. The highest BCUT2D eigenvalue weighted by Crippen LogP contribution is 2.10. The lowest BCUT2D eigenvalue weighted by atomic mass is 10.1. The molecule has 0 aromatic heterocycles. The number of rotatable bonds is 9. The van der Waals surface area contributed by atoms with Crippen LogP contribution in [-0.4, -0.2) is 12.1 Å². The van der Waals surface area contributed by atoms with Crippen LogP contribution in [0.2, 0.25) is 0 Å². The molecule has 0 fully saturated rings. The summed E-state index contributed by atoms with van der Waals surface area (Å²) in [6, 6.07) is 22.1. The molecule has 0 aliphatic heterocycles. The van der Waals surface area contributed by atoms with Crippen molar-refractivity contribution in [3.63, 3.8) is 0 Å². The number of hydrogen-bond donors (Lipinski definition) is 0.